The summed E-state index contributed by atoms with van der Waals surface area (Å²) in [5.41, 5.74) is 0.566. The van der Waals surface area contributed by atoms with Crippen LogP contribution in [0.15, 0.2) is 35.1 Å². The van der Waals surface area contributed by atoms with Gasteiger partial charge in [0, 0.05) is 33.1 Å². The highest BCUT2D eigenvalue weighted by Crippen LogP contribution is 2.19. The smallest absolute Gasteiger partial charge is 0.257 e. The standard InChI is InChI=1S/C15H18N4O3/c1-18(2)13-3-4-14(17-16-13)22-12-5-7-19(9-12)15(20)11-6-8-21-10-11/h3-4,6,8,10,12H,5,7,9H2,1-2H3/t12-/m1/s1. The van der Waals surface area contributed by atoms with Crippen molar-refractivity contribution in [2.24, 2.45) is 0 Å². The Morgan fingerprint density at radius 1 is 1.36 bits per heavy atom. The number of hydrogen-bond donors (Lipinski definition) is 0. The van der Waals surface area contributed by atoms with Gasteiger partial charge in [0.25, 0.3) is 5.91 Å². The molecule has 2 aromatic heterocycles. The van der Waals surface area contributed by atoms with Crippen LogP contribution >= 0.6 is 0 Å². The van der Waals surface area contributed by atoms with E-state index in [2.05, 4.69) is 10.2 Å². The molecule has 116 valence electrons. The Bertz CT molecular complexity index is 625. The normalized spacial score (nSPS) is 17.5. The van der Waals surface area contributed by atoms with E-state index in [9.17, 15) is 4.79 Å². The number of likely N-dealkylation sites (tertiary alicyclic amines) is 1. The second-order valence-corrected chi connectivity index (χ2v) is 5.42. The molecule has 1 aliphatic heterocycles. The van der Waals surface area contributed by atoms with Crippen LogP contribution in [-0.4, -0.2) is 54.3 Å². The predicted octanol–water partition coefficient (Wildman–Crippen LogP) is 1.43. The summed E-state index contributed by atoms with van der Waals surface area (Å²) < 4.78 is 10.7. The fourth-order valence-electron chi connectivity index (χ4n) is 2.36. The fraction of sp³-hybridized carbons (Fsp3) is 0.400. The Morgan fingerprint density at radius 2 is 2.23 bits per heavy atom. The zero-order valence-corrected chi connectivity index (χ0v) is 12.6. The molecule has 0 unspecified atom stereocenters. The van der Waals surface area contributed by atoms with Gasteiger partial charge in [-0.3, -0.25) is 4.79 Å². The van der Waals surface area contributed by atoms with Gasteiger partial charge in [-0.1, -0.05) is 0 Å². The third-order valence-electron chi connectivity index (χ3n) is 3.57. The van der Waals surface area contributed by atoms with E-state index >= 15 is 0 Å². The third kappa shape index (κ3) is 3.03. The first-order chi connectivity index (χ1) is 10.6. The van der Waals surface area contributed by atoms with Gasteiger partial charge in [-0.15, -0.1) is 10.2 Å². The molecule has 1 saturated heterocycles. The number of anilines is 1. The van der Waals surface area contributed by atoms with Crippen molar-refractivity contribution in [3.05, 3.63) is 36.3 Å². The van der Waals surface area contributed by atoms with E-state index in [4.69, 9.17) is 9.15 Å². The topological polar surface area (TPSA) is 71.7 Å². The van der Waals surface area contributed by atoms with Crippen LogP contribution in [0.3, 0.4) is 0 Å². The molecule has 2 aromatic rings. The Hall–Kier alpha value is -2.57. The highest BCUT2D eigenvalue weighted by atomic mass is 16.5. The molecule has 1 amide bonds. The summed E-state index contributed by atoms with van der Waals surface area (Å²) in [7, 11) is 3.81. The molecule has 1 atom stereocenters. The van der Waals surface area contributed by atoms with Gasteiger partial charge < -0.3 is 19.0 Å². The molecule has 0 aliphatic carbocycles. The average Bonchev–Trinajstić information content (AvgIpc) is 3.19. The number of carbonyl (C=O) groups is 1. The molecule has 0 bridgehead atoms. The van der Waals surface area contributed by atoms with E-state index in [0.717, 1.165) is 12.2 Å². The molecule has 1 fully saturated rings. The first-order valence-electron chi connectivity index (χ1n) is 7.12. The third-order valence-corrected chi connectivity index (χ3v) is 3.57. The molecule has 0 N–H and O–H groups in total. The summed E-state index contributed by atoms with van der Waals surface area (Å²) in [6.07, 6.45) is 3.68. The van der Waals surface area contributed by atoms with Gasteiger partial charge >= 0.3 is 0 Å². The van der Waals surface area contributed by atoms with Crippen LogP contribution < -0.4 is 9.64 Å². The van der Waals surface area contributed by atoms with E-state index in [-0.39, 0.29) is 12.0 Å². The van der Waals surface area contributed by atoms with Crippen LogP contribution in [-0.2, 0) is 0 Å². The van der Waals surface area contributed by atoms with Crippen LogP contribution in [0, 0.1) is 0 Å². The van der Waals surface area contributed by atoms with Crippen LogP contribution in [0.4, 0.5) is 5.82 Å². The zero-order valence-electron chi connectivity index (χ0n) is 12.6. The fourth-order valence-corrected chi connectivity index (χ4v) is 2.36. The lowest BCUT2D eigenvalue weighted by Crippen LogP contribution is -2.30. The maximum absolute atomic E-state index is 12.2. The zero-order chi connectivity index (χ0) is 15.5. The second-order valence-electron chi connectivity index (χ2n) is 5.42. The minimum Gasteiger partial charge on any atom is -0.472 e. The molecule has 3 rings (SSSR count). The Labute approximate surface area is 128 Å². The Morgan fingerprint density at radius 3 is 2.86 bits per heavy atom. The first-order valence-corrected chi connectivity index (χ1v) is 7.12. The predicted molar refractivity (Wildman–Crippen MR) is 80.0 cm³/mol. The van der Waals surface area contributed by atoms with Crippen molar-refractivity contribution in [1.82, 2.24) is 15.1 Å². The molecule has 7 heteroatoms. The van der Waals surface area contributed by atoms with Gasteiger partial charge in [-0.25, -0.2) is 0 Å². The highest BCUT2D eigenvalue weighted by molar-refractivity contribution is 5.94. The van der Waals surface area contributed by atoms with Crippen molar-refractivity contribution < 1.29 is 13.9 Å². The van der Waals surface area contributed by atoms with Crippen molar-refractivity contribution in [2.45, 2.75) is 12.5 Å². The number of ether oxygens (including phenoxy) is 1. The lowest BCUT2D eigenvalue weighted by Gasteiger charge is -2.16. The molecular weight excluding hydrogens is 284 g/mol. The van der Waals surface area contributed by atoms with E-state index in [1.54, 1.807) is 17.0 Å². The van der Waals surface area contributed by atoms with Gasteiger partial charge in [-0.05, 0) is 12.1 Å². The van der Waals surface area contributed by atoms with E-state index in [0.29, 0.717) is 24.5 Å². The Balaban J connectivity index is 1.58. The average molecular weight is 302 g/mol. The maximum atomic E-state index is 12.2. The molecule has 22 heavy (non-hydrogen) atoms. The molecule has 0 aromatic carbocycles. The largest absolute Gasteiger partial charge is 0.472 e. The summed E-state index contributed by atoms with van der Waals surface area (Å²) in [4.78, 5) is 15.8. The van der Waals surface area contributed by atoms with E-state index < -0.39 is 0 Å². The summed E-state index contributed by atoms with van der Waals surface area (Å²) >= 11 is 0. The monoisotopic (exact) mass is 302 g/mol. The van der Waals surface area contributed by atoms with Gasteiger partial charge in [-0.2, -0.15) is 0 Å². The summed E-state index contributed by atoms with van der Waals surface area (Å²) in [6.45, 7) is 1.21. The number of furan rings is 1. The van der Waals surface area contributed by atoms with Crippen molar-refractivity contribution in [1.29, 1.82) is 0 Å². The van der Waals surface area contributed by atoms with Crippen molar-refractivity contribution >= 4 is 11.7 Å². The minimum absolute atomic E-state index is 0.0334. The first kappa shape index (κ1) is 14.4. The molecule has 0 saturated carbocycles. The van der Waals surface area contributed by atoms with Crippen molar-refractivity contribution in [2.75, 3.05) is 32.1 Å². The molecule has 7 nitrogen and oxygen atoms in total. The quantitative estimate of drug-likeness (QED) is 0.851. The number of carbonyl (C=O) groups excluding carboxylic acids is 1. The molecule has 1 aliphatic rings. The molecule has 0 spiro atoms. The second kappa shape index (κ2) is 6.05. The van der Waals surface area contributed by atoms with Crippen LogP contribution in [0.25, 0.3) is 0 Å². The molecular formula is C15H18N4O3. The number of amides is 1. The maximum Gasteiger partial charge on any atom is 0.257 e. The van der Waals surface area contributed by atoms with Crippen LogP contribution in [0.1, 0.15) is 16.8 Å². The Kier molecular flexibility index (Phi) is 3.95. The SMILES string of the molecule is CN(C)c1ccc(O[C@@H]2CCN(C(=O)c3ccoc3)C2)nn1. The molecule has 0 radical (unpaired) electrons. The van der Waals surface area contributed by atoms with Gasteiger partial charge in [0.15, 0.2) is 5.82 Å². The molecule has 3 heterocycles. The van der Waals surface area contributed by atoms with E-state index in [1.807, 2.05) is 25.1 Å². The lowest BCUT2D eigenvalue weighted by molar-refractivity contribution is 0.0770. The van der Waals surface area contributed by atoms with Gasteiger partial charge in [0.1, 0.15) is 12.4 Å². The van der Waals surface area contributed by atoms with Gasteiger partial charge in [0.2, 0.25) is 5.88 Å². The lowest BCUT2D eigenvalue weighted by atomic mass is 10.3. The minimum atomic E-state index is -0.0599. The summed E-state index contributed by atoms with van der Waals surface area (Å²) in [5.74, 6) is 1.22. The van der Waals surface area contributed by atoms with Gasteiger partial charge in [0.05, 0.1) is 18.4 Å². The number of nitrogens with zero attached hydrogens (tertiary/aromatic N) is 4. The van der Waals surface area contributed by atoms with Crippen molar-refractivity contribution in [3.63, 3.8) is 0 Å². The highest BCUT2D eigenvalue weighted by Gasteiger charge is 2.29. The number of rotatable bonds is 4. The van der Waals surface area contributed by atoms with Crippen LogP contribution in [0.5, 0.6) is 5.88 Å². The number of hydrogen-bond acceptors (Lipinski definition) is 6. The number of aromatic nitrogens is 2. The van der Waals surface area contributed by atoms with E-state index in [1.165, 1.54) is 12.5 Å². The summed E-state index contributed by atoms with van der Waals surface area (Å²) in [6, 6.07) is 5.32. The summed E-state index contributed by atoms with van der Waals surface area (Å²) in [5, 5.41) is 8.12. The van der Waals surface area contributed by atoms with Crippen LogP contribution in [0.2, 0.25) is 0 Å². The van der Waals surface area contributed by atoms with Crippen molar-refractivity contribution in [3.8, 4) is 5.88 Å².